The highest BCUT2D eigenvalue weighted by Crippen LogP contribution is 2.16. The van der Waals surface area contributed by atoms with Crippen LogP contribution in [0.5, 0.6) is 0 Å². The SMILES string of the molecule is C=C/C=C(\C=C)CCN(C)CC1CCCN1C=O. The second-order valence-corrected chi connectivity index (χ2v) is 4.83. The topological polar surface area (TPSA) is 23.6 Å². The Balaban J connectivity index is 2.34. The number of amides is 1. The van der Waals surface area contributed by atoms with Crippen molar-refractivity contribution < 1.29 is 4.79 Å². The Morgan fingerprint density at radius 2 is 2.28 bits per heavy atom. The van der Waals surface area contributed by atoms with Gasteiger partial charge < -0.3 is 9.80 Å². The van der Waals surface area contributed by atoms with Gasteiger partial charge in [-0.2, -0.15) is 0 Å². The molecule has 0 aromatic rings. The number of nitrogens with zero attached hydrogens (tertiary/aromatic N) is 2. The molecular weight excluding hydrogens is 224 g/mol. The van der Waals surface area contributed by atoms with Crippen LogP contribution in [0.2, 0.25) is 0 Å². The molecule has 1 heterocycles. The van der Waals surface area contributed by atoms with Crippen LogP contribution in [0, 0.1) is 0 Å². The second kappa shape index (κ2) is 7.88. The molecule has 1 rings (SSSR count). The Hall–Kier alpha value is -1.35. The lowest BCUT2D eigenvalue weighted by atomic mass is 10.1. The predicted molar refractivity (Wildman–Crippen MR) is 76.4 cm³/mol. The summed E-state index contributed by atoms with van der Waals surface area (Å²) in [6, 6.07) is 0.392. The first kappa shape index (κ1) is 14.7. The molecule has 0 N–H and O–H groups in total. The molecule has 1 amide bonds. The summed E-state index contributed by atoms with van der Waals surface area (Å²) >= 11 is 0. The fraction of sp³-hybridized carbons (Fsp3) is 0.533. The van der Waals surface area contributed by atoms with Crippen LogP contribution < -0.4 is 0 Å². The molecule has 1 saturated heterocycles. The van der Waals surface area contributed by atoms with Crippen molar-refractivity contribution in [3.8, 4) is 0 Å². The van der Waals surface area contributed by atoms with Crippen LogP contribution in [0.1, 0.15) is 19.3 Å². The molecule has 1 aliphatic heterocycles. The number of rotatable bonds is 8. The zero-order chi connectivity index (χ0) is 13.4. The van der Waals surface area contributed by atoms with Crippen LogP contribution in [0.3, 0.4) is 0 Å². The van der Waals surface area contributed by atoms with Crippen molar-refractivity contribution in [2.45, 2.75) is 25.3 Å². The molecule has 3 nitrogen and oxygen atoms in total. The summed E-state index contributed by atoms with van der Waals surface area (Å²) in [6.45, 7) is 10.3. The Bertz CT molecular complexity index is 322. The van der Waals surface area contributed by atoms with E-state index in [2.05, 4.69) is 25.1 Å². The van der Waals surface area contributed by atoms with E-state index in [9.17, 15) is 4.79 Å². The van der Waals surface area contributed by atoms with Gasteiger partial charge in [0.15, 0.2) is 0 Å². The largest absolute Gasteiger partial charge is 0.341 e. The van der Waals surface area contributed by atoms with Crippen molar-refractivity contribution in [3.63, 3.8) is 0 Å². The normalized spacial score (nSPS) is 20.2. The van der Waals surface area contributed by atoms with Crippen LogP contribution >= 0.6 is 0 Å². The van der Waals surface area contributed by atoms with E-state index in [0.717, 1.165) is 45.3 Å². The number of carbonyl (C=O) groups excluding carboxylic acids is 1. The van der Waals surface area contributed by atoms with Crippen LogP contribution in [-0.4, -0.2) is 48.9 Å². The fourth-order valence-electron chi connectivity index (χ4n) is 2.37. The Labute approximate surface area is 110 Å². The molecule has 0 aromatic carbocycles. The van der Waals surface area contributed by atoms with E-state index in [0.29, 0.717) is 6.04 Å². The minimum atomic E-state index is 0.392. The van der Waals surface area contributed by atoms with Gasteiger partial charge in [-0.1, -0.05) is 31.4 Å². The Morgan fingerprint density at radius 3 is 2.89 bits per heavy atom. The monoisotopic (exact) mass is 248 g/mol. The molecular formula is C15H24N2O. The first-order valence-electron chi connectivity index (χ1n) is 6.55. The molecule has 0 bridgehead atoms. The van der Waals surface area contributed by atoms with Crippen LogP contribution in [0.15, 0.2) is 37.0 Å². The summed E-state index contributed by atoms with van der Waals surface area (Å²) in [5, 5.41) is 0. The van der Waals surface area contributed by atoms with E-state index in [1.54, 1.807) is 6.08 Å². The third kappa shape index (κ3) is 4.49. The molecule has 1 unspecified atom stereocenters. The van der Waals surface area contributed by atoms with Gasteiger partial charge in [0.2, 0.25) is 6.41 Å². The highest BCUT2D eigenvalue weighted by Gasteiger charge is 2.23. The van der Waals surface area contributed by atoms with Gasteiger partial charge in [0.25, 0.3) is 0 Å². The number of allylic oxidation sites excluding steroid dienone is 3. The minimum absolute atomic E-state index is 0.392. The highest BCUT2D eigenvalue weighted by atomic mass is 16.1. The van der Waals surface area contributed by atoms with E-state index >= 15 is 0 Å². The van der Waals surface area contributed by atoms with E-state index in [1.807, 2.05) is 17.1 Å². The lowest BCUT2D eigenvalue weighted by Crippen LogP contribution is -2.38. The number of likely N-dealkylation sites (N-methyl/N-ethyl adjacent to an activating group) is 1. The van der Waals surface area contributed by atoms with Crippen molar-refractivity contribution in [2.24, 2.45) is 0 Å². The molecule has 100 valence electrons. The molecule has 0 aromatic heterocycles. The van der Waals surface area contributed by atoms with E-state index in [4.69, 9.17) is 0 Å². The van der Waals surface area contributed by atoms with Gasteiger partial charge in [0.05, 0.1) is 0 Å². The summed E-state index contributed by atoms with van der Waals surface area (Å²) in [7, 11) is 2.11. The summed E-state index contributed by atoms with van der Waals surface area (Å²) in [5.41, 5.74) is 1.20. The first-order chi connectivity index (χ1) is 8.71. The second-order valence-electron chi connectivity index (χ2n) is 4.83. The average Bonchev–Trinajstić information content (AvgIpc) is 2.81. The number of likely N-dealkylation sites (tertiary alicyclic amines) is 1. The van der Waals surface area contributed by atoms with Gasteiger partial charge in [-0.3, -0.25) is 4.79 Å². The van der Waals surface area contributed by atoms with E-state index in [1.165, 1.54) is 5.57 Å². The van der Waals surface area contributed by atoms with Crippen molar-refractivity contribution in [3.05, 3.63) is 37.0 Å². The van der Waals surface area contributed by atoms with Crippen molar-refractivity contribution in [1.82, 2.24) is 9.80 Å². The van der Waals surface area contributed by atoms with E-state index in [-0.39, 0.29) is 0 Å². The molecule has 1 atom stereocenters. The molecule has 18 heavy (non-hydrogen) atoms. The van der Waals surface area contributed by atoms with Crippen molar-refractivity contribution in [2.75, 3.05) is 26.7 Å². The molecule has 1 aliphatic rings. The molecule has 3 heteroatoms. The summed E-state index contributed by atoms with van der Waals surface area (Å²) in [5.74, 6) is 0. The molecule has 0 saturated carbocycles. The number of hydrogen-bond acceptors (Lipinski definition) is 2. The Morgan fingerprint density at radius 1 is 1.50 bits per heavy atom. The summed E-state index contributed by atoms with van der Waals surface area (Å²) in [6.07, 6.45) is 9.88. The standard InChI is InChI=1S/C15H24N2O/c1-4-7-14(5-2)9-11-16(3)12-15-8-6-10-17(15)13-18/h4-5,7,13,15H,1-2,6,8-12H2,3H3/b14-7+. The number of carbonyl (C=O) groups is 1. The maximum atomic E-state index is 10.9. The maximum Gasteiger partial charge on any atom is 0.209 e. The Kier molecular flexibility index (Phi) is 6.44. The zero-order valence-corrected chi connectivity index (χ0v) is 11.3. The van der Waals surface area contributed by atoms with E-state index < -0.39 is 0 Å². The van der Waals surface area contributed by atoms with Crippen molar-refractivity contribution >= 4 is 6.41 Å². The average molecular weight is 248 g/mol. The van der Waals surface area contributed by atoms with Crippen LogP contribution in [0.4, 0.5) is 0 Å². The third-order valence-corrected chi connectivity index (χ3v) is 3.46. The van der Waals surface area contributed by atoms with Gasteiger partial charge in [0.1, 0.15) is 0 Å². The van der Waals surface area contributed by atoms with Gasteiger partial charge in [-0.15, -0.1) is 0 Å². The van der Waals surface area contributed by atoms with Gasteiger partial charge in [-0.25, -0.2) is 0 Å². The third-order valence-electron chi connectivity index (χ3n) is 3.46. The maximum absolute atomic E-state index is 10.9. The lowest BCUT2D eigenvalue weighted by molar-refractivity contribution is -0.119. The first-order valence-corrected chi connectivity index (χ1v) is 6.55. The minimum Gasteiger partial charge on any atom is -0.341 e. The van der Waals surface area contributed by atoms with Crippen molar-refractivity contribution in [1.29, 1.82) is 0 Å². The van der Waals surface area contributed by atoms with Crippen LogP contribution in [0.25, 0.3) is 0 Å². The lowest BCUT2D eigenvalue weighted by Gasteiger charge is -2.26. The molecule has 0 radical (unpaired) electrons. The molecule has 1 fully saturated rings. The predicted octanol–water partition coefficient (Wildman–Crippen LogP) is 2.23. The zero-order valence-electron chi connectivity index (χ0n) is 11.3. The smallest absolute Gasteiger partial charge is 0.209 e. The van der Waals surface area contributed by atoms with Gasteiger partial charge >= 0.3 is 0 Å². The summed E-state index contributed by atoms with van der Waals surface area (Å²) < 4.78 is 0. The van der Waals surface area contributed by atoms with Gasteiger partial charge in [-0.05, 0) is 31.9 Å². The molecule has 0 spiro atoms. The molecule has 0 aliphatic carbocycles. The van der Waals surface area contributed by atoms with Crippen LogP contribution in [-0.2, 0) is 4.79 Å². The van der Waals surface area contributed by atoms with Gasteiger partial charge in [0, 0.05) is 25.7 Å². The fourth-order valence-corrected chi connectivity index (χ4v) is 2.37. The highest BCUT2D eigenvalue weighted by molar-refractivity contribution is 5.48. The quantitative estimate of drug-likeness (QED) is 0.486. The number of hydrogen-bond donors (Lipinski definition) is 0. The summed E-state index contributed by atoms with van der Waals surface area (Å²) in [4.78, 5) is 15.1.